The van der Waals surface area contributed by atoms with Crippen LogP contribution in [0.5, 0.6) is 0 Å². The number of nitrogens with one attached hydrogen (secondary N) is 2. The van der Waals surface area contributed by atoms with Crippen molar-refractivity contribution in [1.29, 1.82) is 5.26 Å². The molecule has 0 saturated heterocycles. The highest BCUT2D eigenvalue weighted by atomic mass is 16.5. The molecule has 1 aromatic rings. The smallest absolute Gasteiger partial charge is 0.227 e. The number of hydrogen-bond donors (Lipinski definition) is 2. The second kappa shape index (κ2) is 9.04. The third-order valence-electron chi connectivity index (χ3n) is 4.38. The summed E-state index contributed by atoms with van der Waals surface area (Å²) in [4.78, 5) is 24.4. The number of amides is 2. The van der Waals surface area contributed by atoms with Crippen LogP contribution < -0.4 is 10.6 Å². The molecule has 0 spiro atoms. The van der Waals surface area contributed by atoms with E-state index < -0.39 is 0 Å². The largest absolute Gasteiger partial charge is 0.383 e. The molecule has 1 aliphatic carbocycles. The van der Waals surface area contributed by atoms with Gasteiger partial charge >= 0.3 is 0 Å². The Morgan fingerprint density at radius 1 is 1.17 bits per heavy atom. The first-order valence-corrected chi connectivity index (χ1v) is 8.22. The van der Waals surface area contributed by atoms with Crippen molar-refractivity contribution in [2.24, 2.45) is 11.8 Å². The Hall–Kier alpha value is -2.39. The van der Waals surface area contributed by atoms with Crippen LogP contribution in [0.1, 0.15) is 31.2 Å². The lowest BCUT2D eigenvalue weighted by Crippen LogP contribution is -2.36. The minimum atomic E-state index is -0.111. The molecule has 0 aliphatic heterocycles. The van der Waals surface area contributed by atoms with Crippen LogP contribution in [0.4, 0.5) is 5.69 Å². The van der Waals surface area contributed by atoms with Crippen molar-refractivity contribution in [3.8, 4) is 6.07 Å². The fourth-order valence-electron chi connectivity index (χ4n) is 2.96. The fraction of sp³-hybridized carbons (Fsp3) is 0.500. The van der Waals surface area contributed by atoms with Crippen molar-refractivity contribution in [3.63, 3.8) is 0 Å². The summed E-state index contributed by atoms with van der Waals surface area (Å²) in [6, 6.07) is 9.03. The van der Waals surface area contributed by atoms with E-state index in [2.05, 4.69) is 16.7 Å². The van der Waals surface area contributed by atoms with E-state index in [0.717, 1.165) is 0 Å². The number of carbonyl (C=O) groups excluding carboxylic acids is 2. The van der Waals surface area contributed by atoms with Crippen molar-refractivity contribution >= 4 is 17.5 Å². The molecule has 2 amide bonds. The highest BCUT2D eigenvalue weighted by Crippen LogP contribution is 2.30. The molecule has 1 fully saturated rings. The van der Waals surface area contributed by atoms with Crippen LogP contribution in [-0.2, 0) is 14.3 Å². The van der Waals surface area contributed by atoms with E-state index in [9.17, 15) is 9.59 Å². The maximum atomic E-state index is 12.4. The van der Waals surface area contributed by atoms with Gasteiger partial charge in [0.1, 0.15) is 6.07 Å². The Labute approximate surface area is 142 Å². The van der Waals surface area contributed by atoms with E-state index in [0.29, 0.717) is 50.1 Å². The minimum Gasteiger partial charge on any atom is -0.383 e. The predicted octanol–water partition coefficient (Wildman–Crippen LogP) is 2.07. The van der Waals surface area contributed by atoms with Gasteiger partial charge in [-0.3, -0.25) is 9.59 Å². The summed E-state index contributed by atoms with van der Waals surface area (Å²) in [6.45, 7) is 1.02. The van der Waals surface area contributed by atoms with E-state index in [-0.39, 0.29) is 23.7 Å². The minimum absolute atomic E-state index is 0.0303. The van der Waals surface area contributed by atoms with E-state index in [1.807, 2.05) is 0 Å². The highest BCUT2D eigenvalue weighted by Gasteiger charge is 2.30. The van der Waals surface area contributed by atoms with Crippen molar-refractivity contribution in [3.05, 3.63) is 29.8 Å². The van der Waals surface area contributed by atoms with Gasteiger partial charge in [-0.25, -0.2) is 0 Å². The lowest BCUT2D eigenvalue weighted by molar-refractivity contribution is -0.128. The Bertz CT molecular complexity index is 616. The monoisotopic (exact) mass is 329 g/mol. The van der Waals surface area contributed by atoms with Crippen LogP contribution in [0.25, 0.3) is 0 Å². The van der Waals surface area contributed by atoms with Gasteiger partial charge < -0.3 is 15.4 Å². The second-order valence-electron chi connectivity index (χ2n) is 5.98. The van der Waals surface area contributed by atoms with Gasteiger partial charge in [0.15, 0.2) is 0 Å². The number of nitriles is 1. The van der Waals surface area contributed by atoms with Gasteiger partial charge in [0.25, 0.3) is 0 Å². The maximum absolute atomic E-state index is 12.4. The molecule has 0 bridgehead atoms. The summed E-state index contributed by atoms with van der Waals surface area (Å²) in [6.07, 6.45) is 2.78. The first-order chi connectivity index (χ1) is 11.7. The fourth-order valence-corrected chi connectivity index (χ4v) is 2.96. The van der Waals surface area contributed by atoms with E-state index >= 15 is 0 Å². The Kier molecular flexibility index (Phi) is 6.76. The molecule has 2 N–H and O–H groups in total. The molecular weight excluding hydrogens is 306 g/mol. The van der Waals surface area contributed by atoms with Gasteiger partial charge in [0.05, 0.1) is 17.9 Å². The van der Waals surface area contributed by atoms with E-state index in [1.54, 1.807) is 31.4 Å². The van der Waals surface area contributed by atoms with Crippen molar-refractivity contribution in [1.82, 2.24) is 5.32 Å². The maximum Gasteiger partial charge on any atom is 0.227 e. The number of benzene rings is 1. The third-order valence-corrected chi connectivity index (χ3v) is 4.38. The first-order valence-electron chi connectivity index (χ1n) is 8.22. The molecule has 0 unspecified atom stereocenters. The molecule has 1 aliphatic rings. The van der Waals surface area contributed by atoms with E-state index in [4.69, 9.17) is 10.00 Å². The number of methoxy groups -OCH3 is 1. The molecule has 2 rings (SSSR count). The summed E-state index contributed by atoms with van der Waals surface area (Å²) >= 11 is 0. The molecule has 1 aromatic carbocycles. The van der Waals surface area contributed by atoms with Crippen LogP contribution in [0.3, 0.4) is 0 Å². The van der Waals surface area contributed by atoms with Gasteiger partial charge in [0, 0.05) is 25.5 Å². The summed E-state index contributed by atoms with van der Waals surface area (Å²) in [5.41, 5.74) is 1.00. The first kappa shape index (κ1) is 18.0. The predicted molar refractivity (Wildman–Crippen MR) is 90.1 cm³/mol. The quantitative estimate of drug-likeness (QED) is 0.782. The second-order valence-corrected chi connectivity index (χ2v) is 5.98. The Morgan fingerprint density at radius 2 is 1.79 bits per heavy atom. The van der Waals surface area contributed by atoms with Crippen molar-refractivity contribution in [2.75, 3.05) is 25.6 Å². The average molecular weight is 329 g/mol. The number of carbonyl (C=O) groups is 2. The van der Waals surface area contributed by atoms with Gasteiger partial charge in [-0.2, -0.15) is 5.26 Å². The van der Waals surface area contributed by atoms with Crippen LogP contribution >= 0.6 is 0 Å². The standard InChI is InChI=1S/C18H23N3O3/c1-24-11-10-20-17(22)13-6-8-14(9-7-13)18(23)21-16-5-3-2-4-15(16)12-19/h2-5,13-14H,6-11H2,1H3,(H,20,22)(H,21,23). The molecule has 0 heterocycles. The Morgan fingerprint density at radius 3 is 2.42 bits per heavy atom. The van der Waals surface area contributed by atoms with Gasteiger partial charge in [0.2, 0.25) is 11.8 Å². The van der Waals surface area contributed by atoms with Crippen molar-refractivity contribution in [2.45, 2.75) is 25.7 Å². The summed E-state index contributed by atoms with van der Waals surface area (Å²) in [5, 5.41) is 14.8. The van der Waals surface area contributed by atoms with Gasteiger partial charge in [-0.05, 0) is 37.8 Å². The number of para-hydroxylation sites is 1. The molecule has 0 atom stereocenters. The summed E-state index contributed by atoms with van der Waals surface area (Å²) in [5.74, 6) is -0.172. The number of rotatable bonds is 6. The Balaban J connectivity index is 1.82. The molecule has 24 heavy (non-hydrogen) atoms. The number of ether oxygens (including phenoxy) is 1. The molecule has 0 aromatic heterocycles. The molecule has 6 heteroatoms. The van der Waals surface area contributed by atoms with Crippen LogP contribution in [0.2, 0.25) is 0 Å². The lowest BCUT2D eigenvalue weighted by Gasteiger charge is -2.27. The zero-order chi connectivity index (χ0) is 17.4. The average Bonchev–Trinajstić information content (AvgIpc) is 2.62. The third kappa shape index (κ3) is 4.80. The normalized spacial score (nSPS) is 20.0. The molecule has 1 saturated carbocycles. The summed E-state index contributed by atoms with van der Waals surface area (Å²) < 4.78 is 4.91. The van der Waals surface area contributed by atoms with Gasteiger partial charge in [-0.1, -0.05) is 12.1 Å². The zero-order valence-corrected chi connectivity index (χ0v) is 13.9. The van der Waals surface area contributed by atoms with Crippen LogP contribution in [-0.4, -0.2) is 32.1 Å². The van der Waals surface area contributed by atoms with Gasteiger partial charge in [-0.15, -0.1) is 0 Å². The zero-order valence-electron chi connectivity index (χ0n) is 13.9. The number of hydrogen-bond acceptors (Lipinski definition) is 4. The van der Waals surface area contributed by atoms with Crippen LogP contribution in [0, 0.1) is 23.2 Å². The SMILES string of the molecule is COCCNC(=O)C1CCC(C(=O)Nc2ccccc2C#N)CC1. The van der Waals surface area contributed by atoms with Crippen LogP contribution in [0.15, 0.2) is 24.3 Å². The molecular formula is C18H23N3O3. The molecule has 0 radical (unpaired) electrons. The molecule has 128 valence electrons. The molecule has 6 nitrogen and oxygen atoms in total. The number of nitrogens with zero attached hydrogens (tertiary/aromatic N) is 1. The topological polar surface area (TPSA) is 91.2 Å². The highest BCUT2D eigenvalue weighted by molar-refractivity contribution is 5.94. The van der Waals surface area contributed by atoms with E-state index in [1.165, 1.54) is 0 Å². The number of anilines is 1. The summed E-state index contributed by atoms with van der Waals surface area (Å²) in [7, 11) is 1.60. The lowest BCUT2D eigenvalue weighted by atomic mass is 9.81. The van der Waals surface area contributed by atoms with Crippen molar-refractivity contribution < 1.29 is 14.3 Å².